The summed E-state index contributed by atoms with van der Waals surface area (Å²) in [5.41, 5.74) is 6.33. The van der Waals surface area contributed by atoms with Gasteiger partial charge in [-0.3, -0.25) is 4.79 Å². The van der Waals surface area contributed by atoms with E-state index >= 15 is 0 Å². The first-order valence-electron chi connectivity index (χ1n) is 7.60. The topological polar surface area (TPSA) is 91.1 Å². The first kappa shape index (κ1) is 14.8. The molecule has 2 aromatic heterocycles. The summed E-state index contributed by atoms with van der Waals surface area (Å²) in [6, 6.07) is 2.20. The van der Waals surface area contributed by atoms with Gasteiger partial charge in [0, 0.05) is 26.3 Å². The zero-order chi connectivity index (χ0) is 15.7. The SMILES string of the molecule is CC1CCN(C(=O)CN)C[C@@H]1N(C)c1ncnc2[nH]ccc12. The monoisotopic (exact) mass is 302 g/mol. The van der Waals surface area contributed by atoms with Crippen molar-refractivity contribution in [3.05, 3.63) is 18.6 Å². The summed E-state index contributed by atoms with van der Waals surface area (Å²) in [6.45, 7) is 3.76. The zero-order valence-corrected chi connectivity index (χ0v) is 13.0. The molecule has 7 heteroatoms. The molecule has 3 N–H and O–H groups in total. The van der Waals surface area contributed by atoms with Gasteiger partial charge in [-0.1, -0.05) is 6.92 Å². The highest BCUT2D eigenvalue weighted by Crippen LogP contribution is 2.28. The molecule has 1 aliphatic heterocycles. The van der Waals surface area contributed by atoms with Gasteiger partial charge in [-0.25, -0.2) is 9.97 Å². The number of hydrogen-bond acceptors (Lipinski definition) is 5. The third-order valence-electron chi connectivity index (χ3n) is 4.61. The minimum atomic E-state index is 0.0137. The lowest BCUT2D eigenvalue weighted by Gasteiger charge is -2.42. The summed E-state index contributed by atoms with van der Waals surface area (Å²) in [5, 5.41) is 1.000. The summed E-state index contributed by atoms with van der Waals surface area (Å²) < 4.78 is 0. The molecular weight excluding hydrogens is 280 g/mol. The molecule has 1 fully saturated rings. The molecule has 0 saturated carbocycles. The maximum atomic E-state index is 11.9. The Morgan fingerprint density at radius 3 is 3.14 bits per heavy atom. The molecule has 2 atom stereocenters. The smallest absolute Gasteiger partial charge is 0.236 e. The van der Waals surface area contributed by atoms with Gasteiger partial charge in [0.1, 0.15) is 17.8 Å². The number of H-pyrrole nitrogens is 1. The van der Waals surface area contributed by atoms with Gasteiger partial charge in [-0.2, -0.15) is 0 Å². The number of aromatic nitrogens is 3. The number of rotatable bonds is 3. The number of carbonyl (C=O) groups excluding carboxylic acids is 1. The van der Waals surface area contributed by atoms with E-state index < -0.39 is 0 Å². The molecule has 1 unspecified atom stereocenters. The fraction of sp³-hybridized carbons (Fsp3) is 0.533. The molecule has 118 valence electrons. The number of piperidine rings is 1. The van der Waals surface area contributed by atoms with E-state index in [1.807, 2.05) is 24.2 Å². The van der Waals surface area contributed by atoms with Crippen molar-refractivity contribution in [2.24, 2.45) is 11.7 Å². The normalized spacial score (nSPS) is 22.0. The summed E-state index contributed by atoms with van der Waals surface area (Å²) in [7, 11) is 2.03. The quantitative estimate of drug-likeness (QED) is 0.866. The molecule has 22 heavy (non-hydrogen) atoms. The lowest BCUT2D eigenvalue weighted by atomic mass is 9.92. The summed E-state index contributed by atoms with van der Waals surface area (Å²) >= 11 is 0. The number of nitrogens with two attached hydrogens (primary N) is 1. The Hall–Kier alpha value is -2.15. The van der Waals surface area contributed by atoms with Crippen molar-refractivity contribution in [1.82, 2.24) is 19.9 Å². The first-order valence-corrected chi connectivity index (χ1v) is 7.60. The van der Waals surface area contributed by atoms with Crippen molar-refractivity contribution in [3.8, 4) is 0 Å². The molecule has 0 bridgehead atoms. The van der Waals surface area contributed by atoms with E-state index in [9.17, 15) is 4.79 Å². The molecule has 0 radical (unpaired) electrons. The average Bonchev–Trinajstić information content (AvgIpc) is 3.02. The van der Waals surface area contributed by atoms with Crippen LogP contribution in [0.3, 0.4) is 0 Å². The number of likely N-dealkylation sites (N-methyl/N-ethyl adjacent to an activating group) is 1. The second-order valence-corrected chi connectivity index (χ2v) is 5.93. The van der Waals surface area contributed by atoms with Gasteiger partial charge < -0.3 is 20.5 Å². The van der Waals surface area contributed by atoms with Crippen LogP contribution in [0.5, 0.6) is 0 Å². The van der Waals surface area contributed by atoms with Crippen molar-refractivity contribution < 1.29 is 4.79 Å². The third kappa shape index (κ3) is 2.52. The summed E-state index contributed by atoms with van der Waals surface area (Å²) in [4.78, 5) is 27.7. The van der Waals surface area contributed by atoms with E-state index in [0.29, 0.717) is 12.5 Å². The molecule has 1 amide bonds. The standard InChI is InChI=1S/C15H22N6O/c1-10-4-6-21(13(22)7-16)8-12(10)20(2)15-11-3-5-17-14(11)18-9-19-15/h3,5,9-10,12H,4,6-8,16H2,1-2H3,(H,17,18,19)/t10?,12-/m0/s1. The van der Waals surface area contributed by atoms with Crippen LogP contribution in [0.4, 0.5) is 5.82 Å². The van der Waals surface area contributed by atoms with Gasteiger partial charge in [-0.05, 0) is 18.4 Å². The summed E-state index contributed by atoms with van der Waals surface area (Å²) in [6.07, 6.45) is 4.41. The number of nitrogens with zero attached hydrogens (tertiary/aromatic N) is 4. The Labute approximate surface area is 129 Å². The lowest BCUT2D eigenvalue weighted by Crippen LogP contribution is -2.54. The fourth-order valence-corrected chi connectivity index (χ4v) is 3.21. The third-order valence-corrected chi connectivity index (χ3v) is 4.61. The van der Waals surface area contributed by atoms with Crippen molar-refractivity contribution in [1.29, 1.82) is 0 Å². The highest BCUT2D eigenvalue weighted by molar-refractivity contribution is 5.87. The Balaban J connectivity index is 1.88. The van der Waals surface area contributed by atoms with E-state index in [4.69, 9.17) is 5.73 Å². The number of nitrogens with one attached hydrogen (secondary N) is 1. The number of aromatic amines is 1. The Bertz CT molecular complexity index is 669. The van der Waals surface area contributed by atoms with Gasteiger partial charge in [0.05, 0.1) is 18.0 Å². The minimum Gasteiger partial charge on any atom is -0.354 e. The van der Waals surface area contributed by atoms with Crippen LogP contribution in [0.1, 0.15) is 13.3 Å². The maximum absolute atomic E-state index is 11.9. The van der Waals surface area contributed by atoms with Crippen molar-refractivity contribution in [3.63, 3.8) is 0 Å². The van der Waals surface area contributed by atoms with Gasteiger partial charge >= 0.3 is 0 Å². The molecule has 0 aromatic carbocycles. The molecular formula is C15H22N6O. The highest BCUT2D eigenvalue weighted by atomic mass is 16.2. The molecule has 0 spiro atoms. The predicted octanol–water partition coefficient (Wildman–Crippen LogP) is 0.590. The van der Waals surface area contributed by atoms with Crippen LogP contribution in [-0.2, 0) is 4.79 Å². The second kappa shape index (κ2) is 5.92. The number of carbonyl (C=O) groups is 1. The van der Waals surface area contributed by atoms with E-state index in [0.717, 1.165) is 29.8 Å². The number of hydrogen-bond donors (Lipinski definition) is 2. The second-order valence-electron chi connectivity index (χ2n) is 5.93. The maximum Gasteiger partial charge on any atom is 0.236 e. The van der Waals surface area contributed by atoms with E-state index in [1.165, 1.54) is 0 Å². The van der Waals surface area contributed by atoms with Crippen molar-refractivity contribution >= 4 is 22.8 Å². The molecule has 3 rings (SSSR count). The molecule has 7 nitrogen and oxygen atoms in total. The van der Waals surface area contributed by atoms with Crippen LogP contribution in [0.15, 0.2) is 18.6 Å². The van der Waals surface area contributed by atoms with Crippen molar-refractivity contribution in [2.45, 2.75) is 19.4 Å². The Morgan fingerprint density at radius 1 is 1.55 bits per heavy atom. The predicted molar refractivity (Wildman–Crippen MR) is 85.5 cm³/mol. The zero-order valence-electron chi connectivity index (χ0n) is 13.0. The molecule has 1 aliphatic rings. The van der Waals surface area contributed by atoms with Crippen LogP contribution in [0.2, 0.25) is 0 Å². The van der Waals surface area contributed by atoms with E-state index in [2.05, 4.69) is 26.8 Å². The fourth-order valence-electron chi connectivity index (χ4n) is 3.21. The van der Waals surface area contributed by atoms with Crippen LogP contribution in [0.25, 0.3) is 11.0 Å². The first-order chi connectivity index (χ1) is 10.6. The van der Waals surface area contributed by atoms with Gasteiger partial charge in [-0.15, -0.1) is 0 Å². The largest absolute Gasteiger partial charge is 0.354 e. The van der Waals surface area contributed by atoms with E-state index in [-0.39, 0.29) is 18.5 Å². The van der Waals surface area contributed by atoms with Crippen LogP contribution >= 0.6 is 0 Å². The van der Waals surface area contributed by atoms with Gasteiger partial charge in [0.2, 0.25) is 5.91 Å². The number of amides is 1. The lowest BCUT2D eigenvalue weighted by molar-refractivity contribution is -0.131. The number of likely N-dealkylation sites (tertiary alicyclic amines) is 1. The molecule has 2 aromatic rings. The number of fused-ring (bicyclic) bond motifs is 1. The Morgan fingerprint density at radius 2 is 2.36 bits per heavy atom. The van der Waals surface area contributed by atoms with E-state index in [1.54, 1.807) is 6.33 Å². The number of anilines is 1. The highest BCUT2D eigenvalue weighted by Gasteiger charge is 2.32. The Kier molecular flexibility index (Phi) is 3.98. The van der Waals surface area contributed by atoms with Gasteiger partial charge in [0.15, 0.2) is 0 Å². The van der Waals surface area contributed by atoms with Crippen molar-refractivity contribution in [2.75, 3.05) is 31.6 Å². The van der Waals surface area contributed by atoms with Crippen LogP contribution in [-0.4, -0.2) is 58.5 Å². The molecule has 3 heterocycles. The summed E-state index contributed by atoms with van der Waals surface area (Å²) in [5.74, 6) is 1.39. The minimum absolute atomic E-state index is 0.0137. The molecule has 1 saturated heterocycles. The van der Waals surface area contributed by atoms with Crippen LogP contribution < -0.4 is 10.6 Å². The average molecular weight is 302 g/mol. The van der Waals surface area contributed by atoms with Gasteiger partial charge in [0.25, 0.3) is 0 Å². The molecule has 0 aliphatic carbocycles. The van der Waals surface area contributed by atoms with Crippen LogP contribution in [0, 0.1) is 5.92 Å².